The molecule has 3 nitrogen and oxygen atoms in total. The average Bonchev–Trinajstić information content (AvgIpc) is 2.82. The van der Waals surface area contributed by atoms with Crippen molar-refractivity contribution in [1.82, 2.24) is 10.6 Å². The van der Waals surface area contributed by atoms with Gasteiger partial charge in [-0.3, -0.25) is 4.79 Å². The predicted octanol–water partition coefficient (Wildman–Crippen LogP) is 2.07. The quantitative estimate of drug-likeness (QED) is 0.787. The Morgan fingerprint density at radius 2 is 2.06 bits per heavy atom. The van der Waals surface area contributed by atoms with Gasteiger partial charge in [0.2, 0.25) is 5.91 Å². The zero-order chi connectivity index (χ0) is 12.1. The number of rotatable bonds is 4. The van der Waals surface area contributed by atoms with Gasteiger partial charge in [-0.2, -0.15) is 0 Å². The molecule has 0 spiro atoms. The second-order valence-electron chi connectivity index (χ2n) is 5.84. The van der Waals surface area contributed by atoms with E-state index >= 15 is 0 Å². The van der Waals surface area contributed by atoms with Crippen molar-refractivity contribution in [3.63, 3.8) is 0 Å². The van der Waals surface area contributed by atoms with Gasteiger partial charge in [0.15, 0.2) is 0 Å². The Hall–Kier alpha value is -0.570. The standard InChI is InChI=1S/C14H26N2O/c1-11(12-5-3-2-4-6-12)9-14(17)16-13-7-8-15-10-13/h11-13,15H,2-10H2,1H3,(H,16,17). The van der Waals surface area contributed by atoms with Gasteiger partial charge in [0.05, 0.1) is 0 Å². The van der Waals surface area contributed by atoms with E-state index in [0.29, 0.717) is 12.0 Å². The van der Waals surface area contributed by atoms with Crippen molar-refractivity contribution >= 4 is 5.91 Å². The summed E-state index contributed by atoms with van der Waals surface area (Å²) in [4.78, 5) is 11.9. The van der Waals surface area contributed by atoms with Crippen LogP contribution in [0, 0.1) is 11.8 Å². The topological polar surface area (TPSA) is 41.1 Å². The van der Waals surface area contributed by atoms with Crippen LogP contribution in [0.25, 0.3) is 0 Å². The Morgan fingerprint density at radius 3 is 2.71 bits per heavy atom. The van der Waals surface area contributed by atoms with Crippen LogP contribution in [0.1, 0.15) is 51.9 Å². The molecule has 0 radical (unpaired) electrons. The predicted molar refractivity (Wildman–Crippen MR) is 69.8 cm³/mol. The van der Waals surface area contributed by atoms with Crippen LogP contribution in [-0.4, -0.2) is 25.0 Å². The molecule has 98 valence electrons. The lowest BCUT2D eigenvalue weighted by atomic mass is 9.79. The molecule has 1 saturated heterocycles. The van der Waals surface area contributed by atoms with Crippen LogP contribution in [0.3, 0.4) is 0 Å². The molecular formula is C14H26N2O. The number of nitrogens with one attached hydrogen (secondary N) is 2. The molecule has 2 aliphatic rings. The maximum absolute atomic E-state index is 11.9. The molecule has 2 unspecified atom stereocenters. The molecule has 1 heterocycles. The minimum Gasteiger partial charge on any atom is -0.352 e. The summed E-state index contributed by atoms with van der Waals surface area (Å²) in [6, 6.07) is 0.376. The van der Waals surface area contributed by atoms with Gasteiger partial charge < -0.3 is 10.6 Å². The monoisotopic (exact) mass is 238 g/mol. The van der Waals surface area contributed by atoms with E-state index in [9.17, 15) is 4.79 Å². The number of hydrogen-bond donors (Lipinski definition) is 2. The summed E-state index contributed by atoms with van der Waals surface area (Å²) in [5.41, 5.74) is 0. The van der Waals surface area contributed by atoms with Crippen LogP contribution in [0.5, 0.6) is 0 Å². The van der Waals surface area contributed by atoms with Crippen molar-refractivity contribution in [1.29, 1.82) is 0 Å². The van der Waals surface area contributed by atoms with Gasteiger partial charge in [-0.05, 0) is 24.8 Å². The van der Waals surface area contributed by atoms with Crippen molar-refractivity contribution in [2.45, 2.75) is 57.9 Å². The molecule has 0 aromatic heterocycles. The maximum Gasteiger partial charge on any atom is 0.220 e. The van der Waals surface area contributed by atoms with Gasteiger partial charge in [0.25, 0.3) is 0 Å². The van der Waals surface area contributed by atoms with Crippen LogP contribution < -0.4 is 10.6 Å². The largest absolute Gasteiger partial charge is 0.352 e. The maximum atomic E-state index is 11.9. The molecule has 1 aliphatic heterocycles. The molecule has 1 amide bonds. The van der Waals surface area contributed by atoms with Crippen molar-refractivity contribution in [2.24, 2.45) is 11.8 Å². The van der Waals surface area contributed by atoms with E-state index in [1.807, 2.05) is 0 Å². The minimum atomic E-state index is 0.261. The molecule has 0 bridgehead atoms. The van der Waals surface area contributed by atoms with Gasteiger partial charge in [0, 0.05) is 19.0 Å². The second-order valence-corrected chi connectivity index (χ2v) is 5.84. The van der Waals surface area contributed by atoms with Gasteiger partial charge in [-0.1, -0.05) is 39.0 Å². The van der Waals surface area contributed by atoms with Gasteiger partial charge in [-0.25, -0.2) is 0 Å². The lowest BCUT2D eigenvalue weighted by Crippen LogP contribution is -2.37. The third-order valence-electron chi connectivity index (χ3n) is 4.39. The minimum absolute atomic E-state index is 0.261. The average molecular weight is 238 g/mol. The van der Waals surface area contributed by atoms with E-state index < -0.39 is 0 Å². The molecule has 2 N–H and O–H groups in total. The Kier molecular flexibility index (Phi) is 4.84. The van der Waals surface area contributed by atoms with Gasteiger partial charge >= 0.3 is 0 Å². The van der Waals surface area contributed by atoms with Crippen molar-refractivity contribution < 1.29 is 4.79 Å². The van der Waals surface area contributed by atoms with E-state index in [4.69, 9.17) is 0 Å². The normalized spacial score (nSPS) is 27.9. The Balaban J connectivity index is 1.69. The van der Waals surface area contributed by atoms with Gasteiger partial charge in [0.1, 0.15) is 0 Å². The molecule has 2 fully saturated rings. The number of carbonyl (C=O) groups is 1. The fourth-order valence-corrected chi connectivity index (χ4v) is 3.23. The molecular weight excluding hydrogens is 212 g/mol. The van der Waals surface area contributed by atoms with Crippen LogP contribution in [-0.2, 0) is 4.79 Å². The van der Waals surface area contributed by atoms with E-state index in [1.54, 1.807) is 0 Å². The molecule has 3 heteroatoms. The second kappa shape index (κ2) is 6.39. The summed E-state index contributed by atoms with van der Waals surface area (Å²) < 4.78 is 0. The van der Waals surface area contributed by atoms with Crippen LogP contribution in [0.15, 0.2) is 0 Å². The molecule has 0 aromatic carbocycles. The highest BCUT2D eigenvalue weighted by Crippen LogP contribution is 2.31. The number of carbonyl (C=O) groups excluding carboxylic acids is 1. The van der Waals surface area contributed by atoms with Crippen LogP contribution in [0.2, 0.25) is 0 Å². The summed E-state index contributed by atoms with van der Waals surface area (Å²) in [6.07, 6.45) is 8.60. The highest BCUT2D eigenvalue weighted by Gasteiger charge is 2.23. The Bertz CT molecular complexity index is 243. The van der Waals surface area contributed by atoms with Gasteiger partial charge in [-0.15, -0.1) is 0 Å². The first-order valence-electron chi connectivity index (χ1n) is 7.26. The van der Waals surface area contributed by atoms with E-state index in [-0.39, 0.29) is 5.91 Å². The highest BCUT2D eigenvalue weighted by molar-refractivity contribution is 5.76. The van der Waals surface area contributed by atoms with Crippen molar-refractivity contribution in [3.8, 4) is 0 Å². The fourth-order valence-electron chi connectivity index (χ4n) is 3.23. The van der Waals surface area contributed by atoms with E-state index in [2.05, 4.69) is 17.6 Å². The van der Waals surface area contributed by atoms with E-state index in [0.717, 1.165) is 31.8 Å². The lowest BCUT2D eigenvalue weighted by molar-refractivity contribution is -0.123. The SMILES string of the molecule is CC(CC(=O)NC1CCNC1)C1CCCCC1. The van der Waals surface area contributed by atoms with Crippen molar-refractivity contribution in [2.75, 3.05) is 13.1 Å². The smallest absolute Gasteiger partial charge is 0.220 e. The first-order chi connectivity index (χ1) is 8.25. The Morgan fingerprint density at radius 1 is 1.29 bits per heavy atom. The molecule has 2 atom stereocenters. The van der Waals surface area contributed by atoms with Crippen LogP contribution >= 0.6 is 0 Å². The lowest BCUT2D eigenvalue weighted by Gasteiger charge is -2.27. The molecule has 1 aliphatic carbocycles. The summed E-state index contributed by atoms with van der Waals surface area (Å²) in [6.45, 7) is 4.25. The summed E-state index contributed by atoms with van der Waals surface area (Å²) in [5.74, 6) is 1.61. The number of amides is 1. The highest BCUT2D eigenvalue weighted by atomic mass is 16.1. The fraction of sp³-hybridized carbons (Fsp3) is 0.929. The third-order valence-corrected chi connectivity index (χ3v) is 4.39. The van der Waals surface area contributed by atoms with Crippen LogP contribution in [0.4, 0.5) is 0 Å². The first-order valence-corrected chi connectivity index (χ1v) is 7.26. The summed E-state index contributed by atoms with van der Waals surface area (Å²) in [5, 5.41) is 6.43. The van der Waals surface area contributed by atoms with Crippen molar-refractivity contribution in [3.05, 3.63) is 0 Å². The molecule has 0 aromatic rings. The zero-order valence-corrected chi connectivity index (χ0v) is 11.0. The third kappa shape index (κ3) is 3.98. The first kappa shape index (κ1) is 12.9. The zero-order valence-electron chi connectivity index (χ0n) is 11.0. The summed E-state index contributed by atoms with van der Waals surface area (Å²) >= 11 is 0. The molecule has 1 saturated carbocycles. The summed E-state index contributed by atoms with van der Waals surface area (Å²) in [7, 11) is 0. The molecule has 17 heavy (non-hydrogen) atoms. The Labute approximate surface area is 105 Å². The molecule has 2 rings (SSSR count). The number of hydrogen-bond acceptors (Lipinski definition) is 2. The van der Waals surface area contributed by atoms with E-state index in [1.165, 1.54) is 32.1 Å².